The maximum atomic E-state index is 11.1. The molecule has 0 unspecified atom stereocenters. The zero-order chi connectivity index (χ0) is 10.8. The molecule has 0 aliphatic carbocycles. The summed E-state index contributed by atoms with van der Waals surface area (Å²) in [4.78, 5) is 15.2. The van der Waals surface area contributed by atoms with Crippen molar-refractivity contribution in [3.05, 3.63) is 29.1 Å². The average molecular weight is 226 g/mol. The van der Waals surface area contributed by atoms with Crippen LogP contribution < -0.4 is 0 Å². The Bertz CT molecular complexity index is 506. The molecule has 0 saturated heterocycles. The largest absolute Gasteiger partial charge is 0.469 e. The molecule has 2 aromatic rings. The van der Waals surface area contributed by atoms with E-state index in [0.717, 1.165) is 0 Å². The monoisotopic (exact) mass is 225 g/mol. The van der Waals surface area contributed by atoms with Gasteiger partial charge in [0.05, 0.1) is 19.8 Å². The van der Waals surface area contributed by atoms with Gasteiger partial charge in [0, 0.05) is 5.56 Å². The molecule has 2 heterocycles. The third-order valence-corrected chi connectivity index (χ3v) is 2.23. The summed E-state index contributed by atoms with van der Waals surface area (Å²) in [5, 5.41) is 0.370. The van der Waals surface area contributed by atoms with E-state index in [1.54, 1.807) is 12.1 Å². The van der Waals surface area contributed by atoms with Crippen molar-refractivity contribution < 1.29 is 13.9 Å². The predicted molar refractivity (Wildman–Crippen MR) is 54.7 cm³/mol. The van der Waals surface area contributed by atoms with Gasteiger partial charge >= 0.3 is 5.97 Å². The molecule has 0 aromatic carbocycles. The van der Waals surface area contributed by atoms with Crippen molar-refractivity contribution in [1.82, 2.24) is 4.98 Å². The van der Waals surface area contributed by atoms with E-state index < -0.39 is 0 Å². The number of pyridine rings is 1. The van der Waals surface area contributed by atoms with Crippen molar-refractivity contribution in [2.75, 3.05) is 7.11 Å². The molecule has 0 saturated carbocycles. The number of esters is 1. The van der Waals surface area contributed by atoms with Crippen LogP contribution in [0.15, 0.2) is 22.8 Å². The van der Waals surface area contributed by atoms with Crippen LogP contribution in [-0.2, 0) is 16.0 Å². The summed E-state index contributed by atoms with van der Waals surface area (Å²) in [5.74, 6) is -0.334. The molecular formula is C10H8ClNO3. The van der Waals surface area contributed by atoms with Gasteiger partial charge in [-0.3, -0.25) is 4.79 Å². The fraction of sp³-hybridized carbons (Fsp3) is 0.200. The minimum Gasteiger partial charge on any atom is -0.469 e. The number of methoxy groups -OCH3 is 1. The molecule has 0 radical (unpaired) electrons. The minimum absolute atomic E-state index is 0.136. The van der Waals surface area contributed by atoms with Crippen LogP contribution in [0, 0.1) is 0 Å². The molecule has 2 rings (SSSR count). The van der Waals surface area contributed by atoms with Gasteiger partial charge in [0.2, 0.25) is 0 Å². The van der Waals surface area contributed by atoms with Gasteiger partial charge in [-0.05, 0) is 12.1 Å². The molecule has 2 aromatic heterocycles. The van der Waals surface area contributed by atoms with Gasteiger partial charge in [-0.15, -0.1) is 0 Å². The van der Waals surface area contributed by atoms with E-state index >= 15 is 0 Å². The van der Waals surface area contributed by atoms with Gasteiger partial charge < -0.3 is 9.15 Å². The second-order valence-corrected chi connectivity index (χ2v) is 3.38. The number of rotatable bonds is 2. The van der Waals surface area contributed by atoms with Gasteiger partial charge in [0.25, 0.3) is 0 Å². The van der Waals surface area contributed by atoms with Crippen molar-refractivity contribution >= 4 is 28.7 Å². The van der Waals surface area contributed by atoms with Crippen molar-refractivity contribution in [3.63, 3.8) is 0 Å². The van der Waals surface area contributed by atoms with Crippen LogP contribution in [-0.4, -0.2) is 18.1 Å². The Morgan fingerprint density at radius 1 is 1.60 bits per heavy atom. The molecule has 78 valence electrons. The number of fused-ring (bicyclic) bond motifs is 1. The quantitative estimate of drug-likeness (QED) is 0.581. The van der Waals surface area contributed by atoms with Crippen LogP contribution in [0.4, 0.5) is 0 Å². The van der Waals surface area contributed by atoms with Crippen molar-refractivity contribution in [1.29, 1.82) is 0 Å². The number of hydrogen-bond donors (Lipinski definition) is 0. The third kappa shape index (κ3) is 1.94. The molecule has 15 heavy (non-hydrogen) atoms. The third-order valence-electron chi connectivity index (χ3n) is 2.02. The lowest BCUT2D eigenvalue weighted by atomic mass is 10.2. The van der Waals surface area contributed by atoms with Crippen LogP contribution in [0.3, 0.4) is 0 Å². The number of halogens is 1. The highest BCUT2D eigenvalue weighted by Crippen LogP contribution is 2.21. The zero-order valence-electron chi connectivity index (χ0n) is 7.99. The van der Waals surface area contributed by atoms with E-state index in [1.165, 1.54) is 13.4 Å². The number of ether oxygens (including phenoxy) is 1. The molecule has 5 heteroatoms. The van der Waals surface area contributed by atoms with Crippen molar-refractivity contribution in [3.8, 4) is 0 Å². The summed E-state index contributed by atoms with van der Waals surface area (Å²) in [6, 6.07) is 3.35. The Hall–Kier alpha value is -1.55. The molecule has 0 bridgehead atoms. The van der Waals surface area contributed by atoms with Gasteiger partial charge in [-0.2, -0.15) is 0 Å². The van der Waals surface area contributed by atoms with E-state index in [0.29, 0.717) is 21.8 Å². The van der Waals surface area contributed by atoms with Crippen LogP contribution in [0.25, 0.3) is 11.1 Å². The van der Waals surface area contributed by atoms with Crippen LogP contribution >= 0.6 is 11.6 Å². The average Bonchev–Trinajstić information content (AvgIpc) is 2.61. The summed E-state index contributed by atoms with van der Waals surface area (Å²) in [7, 11) is 1.34. The summed E-state index contributed by atoms with van der Waals surface area (Å²) in [6.07, 6.45) is 1.63. The fourth-order valence-electron chi connectivity index (χ4n) is 1.29. The summed E-state index contributed by atoms with van der Waals surface area (Å²) in [5.41, 5.74) is 1.89. The summed E-state index contributed by atoms with van der Waals surface area (Å²) in [6.45, 7) is 0. The smallest absolute Gasteiger partial charge is 0.310 e. The van der Waals surface area contributed by atoms with E-state index in [1.807, 2.05) is 0 Å². The van der Waals surface area contributed by atoms with Crippen molar-refractivity contribution in [2.24, 2.45) is 0 Å². The lowest BCUT2D eigenvalue weighted by Gasteiger charge is -1.96. The Balaban J connectivity index is 2.43. The highest BCUT2D eigenvalue weighted by molar-refractivity contribution is 6.29. The van der Waals surface area contributed by atoms with Crippen LogP contribution in [0.1, 0.15) is 5.56 Å². The molecule has 4 nitrogen and oxygen atoms in total. The minimum atomic E-state index is -0.334. The number of carbonyl (C=O) groups excluding carboxylic acids is 1. The second-order valence-electron chi connectivity index (χ2n) is 2.99. The predicted octanol–water partition coefficient (Wildman–Crippen LogP) is 2.20. The van der Waals surface area contributed by atoms with Gasteiger partial charge in [-0.1, -0.05) is 11.6 Å². The van der Waals surface area contributed by atoms with Crippen LogP contribution in [0.5, 0.6) is 0 Å². The first kappa shape index (κ1) is 9.98. The summed E-state index contributed by atoms with van der Waals surface area (Å²) >= 11 is 5.75. The molecule has 0 fully saturated rings. The standard InChI is InChI=1S/C10H8ClNO3/c1-14-9(13)4-6-5-15-7-2-3-8(11)12-10(6)7/h2-3,5H,4H2,1H3. The van der Waals surface area contributed by atoms with E-state index in [2.05, 4.69) is 9.72 Å². The first-order valence-electron chi connectivity index (χ1n) is 4.30. The fourth-order valence-corrected chi connectivity index (χ4v) is 1.44. The molecule has 0 amide bonds. The molecule has 0 atom stereocenters. The Kier molecular flexibility index (Phi) is 2.60. The highest BCUT2D eigenvalue weighted by atomic mass is 35.5. The maximum Gasteiger partial charge on any atom is 0.310 e. The number of carbonyl (C=O) groups is 1. The zero-order valence-corrected chi connectivity index (χ0v) is 8.75. The number of hydrogen-bond acceptors (Lipinski definition) is 4. The van der Waals surface area contributed by atoms with E-state index in [9.17, 15) is 4.79 Å². The molecule has 0 N–H and O–H groups in total. The van der Waals surface area contributed by atoms with Gasteiger partial charge in [0.15, 0.2) is 5.58 Å². The number of nitrogens with zero attached hydrogens (tertiary/aromatic N) is 1. The normalized spacial score (nSPS) is 10.5. The molecule has 0 aliphatic heterocycles. The summed E-state index contributed by atoms with van der Waals surface area (Å²) < 4.78 is 9.78. The van der Waals surface area contributed by atoms with Gasteiger partial charge in [0.1, 0.15) is 10.7 Å². The second kappa shape index (κ2) is 3.90. The Labute approximate surface area is 90.8 Å². The molecule has 0 spiro atoms. The first-order chi connectivity index (χ1) is 7.20. The number of furan rings is 1. The highest BCUT2D eigenvalue weighted by Gasteiger charge is 2.11. The van der Waals surface area contributed by atoms with E-state index in [4.69, 9.17) is 16.0 Å². The lowest BCUT2D eigenvalue weighted by molar-refractivity contribution is -0.139. The molecular weight excluding hydrogens is 218 g/mol. The molecule has 0 aliphatic rings. The van der Waals surface area contributed by atoms with Crippen molar-refractivity contribution in [2.45, 2.75) is 6.42 Å². The maximum absolute atomic E-state index is 11.1. The topological polar surface area (TPSA) is 52.3 Å². The lowest BCUT2D eigenvalue weighted by Crippen LogP contribution is -2.03. The Morgan fingerprint density at radius 3 is 3.13 bits per heavy atom. The SMILES string of the molecule is COC(=O)Cc1coc2ccc(Cl)nc12. The van der Waals surface area contributed by atoms with Gasteiger partial charge in [-0.25, -0.2) is 4.98 Å². The van der Waals surface area contributed by atoms with Crippen LogP contribution in [0.2, 0.25) is 5.15 Å². The first-order valence-corrected chi connectivity index (χ1v) is 4.68. The Morgan fingerprint density at radius 2 is 2.40 bits per heavy atom. The van der Waals surface area contributed by atoms with E-state index in [-0.39, 0.29) is 12.4 Å². The number of aromatic nitrogens is 1.